The molecule has 0 radical (unpaired) electrons. The van der Waals surface area contributed by atoms with Gasteiger partial charge in [-0.1, -0.05) is 18.5 Å². The van der Waals surface area contributed by atoms with Gasteiger partial charge < -0.3 is 9.84 Å². The highest BCUT2D eigenvalue weighted by molar-refractivity contribution is 6.32. The summed E-state index contributed by atoms with van der Waals surface area (Å²) in [6.45, 7) is 1.69. The van der Waals surface area contributed by atoms with Crippen LogP contribution < -0.4 is 4.74 Å². The van der Waals surface area contributed by atoms with Crippen LogP contribution in [0.4, 0.5) is 0 Å². The Morgan fingerprint density at radius 1 is 1.56 bits per heavy atom. The van der Waals surface area contributed by atoms with Crippen LogP contribution >= 0.6 is 11.6 Å². The van der Waals surface area contributed by atoms with Gasteiger partial charge in [-0.15, -0.1) is 0 Å². The highest BCUT2D eigenvalue weighted by Crippen LogP contribution is 2.29. The second-order valence-electron chi connectivity index (χ2n) is 3.47. The summed E-state index contributed by atoms with van der Waals surface area (Å²) >= 11 is 5.95. The molecule has 0 bridgehead atoms. The van der Waals surface area contributed by atoms with Gasteiger partial charge in [-0.05, 0) is 30.2 Å². The van der Waals surface area contributed by atoms with E-state index in [2.05, 4.69) is 0 Å². The maximum Gasteiger partial charge on any atom is 0.332 e. The first kappa shape index (κ1) is 14.1. The van der Waals surface area contributed by atoms with Gasteiger partial charge in [0.15, 0.2) is 0 Å². The Morgan fingerprint density at radius 2 is 2.22 bits per heavy atom. The summed E-state index contributed by atoms with van der Waals surface area (Å²) in [6.07, 6.45) is 0.266. The third-order valence-electron chi connectivity index (χ3n) is 2.47. The van der Waals surface area contributed by atoms with E-state index in [1.54, 1.807) is 19.1 Å². The molecule has 1 aromatic rings. The fraction of sp³-hybridized carbons (Fsp3) is 0.231. The number of ether oxygens (including phenoxy) is 1. The number of benzene rings is 1. The molecule has 5 heteroatoms. The molecule has 0 aliphatic rings. The van der Waals surface area contributed by atoms with E-state index in [9.17, 15) is 4.79 Å². The van der Waals surface area contributed by atoms with Crippen molar-refractivity contribution in [2.45, 2.75) is 13.3 Å². The van der Waals surface area contributed by atoms with Crippen molar-refractivity contribution >= 4 is 23.1 Å². The average molecular weight is 266 g/mol. The zero-order valence-corrected chi connectivity index (χ0v) is 10.8. The topological polar surface area (TPSA) is 70.3 Å². The van der Waals surface area contributed by atoms with Crippen molar-refractivity contribution in [3.63, 3.8) is 0 Å². The van der Waals surface area contributed by atoms with Crippen LogP contribution in [0.2, 0.25) is 5.02 Å². The number of hydrogen-bond donors (Lipinski definition) is 1. The zero-order valence-electron chi connectivity index (χ0n) is 10.0. The first-order chi connectivity index (χ1) is 8.54. The molecule has 1 N–H and O–H groups in total. The lowest BCUT2D eigenvalue weighted by Crippen LogP contribution is -2.03. The molecule has 0 saturated carbocycles. The number of halogens is 1. The summed E-state index contributed by atoms with van der Waals surface area (Å²) < 4.78 is 5.00. The molecule has 4 nitrogen and oxygen atoms in total. The quantitative estimate of drug-likeness (QED) is 0.671. The number of carbonyl (C=O) groups is 1. The summed E-state index contributed by atoms with van der Waals surface area (Å²) in [7, 11) is 1.48. The van der Waals surface area contributed by atoms with E-state index in [1.165, 1.54) is 13.2 Å². The van der Waals surface area contributed by atoms with Crippen LogP contribution in [0.25, 0.3) is 5.57 Å². The van der Waals surface area contributed by atoms with Gasteiger partial charge in [0.2, 0.25) is 0 Å². The van der Waals surface area contributed by atoms with Crippen molar-refractivity contribution in [2.75, 3.05) is 7.11 Å². The number of methoxy groups -OCH3 is 1. The molecule has 0 unspecified atom stereocenters. The van der Waals surface area contributed by atoms with Gasteiger partial charge in [0.05, 0.1) is 23.3 Å². The van der Waals surface area contributed by atoms with Crippen molar-refractivity contribution < 1.29 is 14.6 Å². The lowest BCUT2D eigenvalue weighted by Gasteiger charge is -2.07. The van der Waals surface area contributed by atoms with Crippen LogP contribution in [0.3, 0.4) is 0 Å². The van der Waals surface area contributed by atoms with Crippen LogP contribution in [0, 0.1) is 11.3 Å². The Kier molecular flexibility index (Phi) is 4.75. The van der Waals surface area contributed by atoms with E-state index in [1.807, 2.05) is 6.07 Å². The molecular weight excluding hydrogens is 254 g/mol. The van der Waals surface area contributed by atoms with Gasteiger partial charge in [0.1, 0.15) is 11.8 Å². The predicted molar refractivity (Wildman–Crippen MR) is 68.5 cm³/mol. The lowest BCUT2D eigenvalue weighted by atomic mass is 9.99. The molecule has 0 saturated heterocycles. The molecule has 1 rings (SSSR count). The molecule has 0 aliphatic carbocycles. The summed E-state index contributed by atoms with van der Waals surface area (Å²) in [6, 6.07) is 6.65. The van der Waals surface area contributed by atoms with Gasteiger partial charge in [0.25, 0.3) is 0 Å². The molecule has 0 atom stereocenters. The van der Waals surface area contributed by atoms with Crippen LogP contribution in [-0.2, 0) is 4.79 Å². The highest BCUT2D eigenvalue weighted by Gasteiger charge is 2.15. The minimum Gasteiger partial charge on any atom is -0.495 e. The largest absolute Gasteiger partial charge is 0.495 e. The maximum absolute atomic E-state index is 11.0. The average Bonchev–Trinajstić information content (AvgIpc) is 2.35. The van der Waals surface area contributed by atoms with Crippen molar-refractivity contribution in [1.82, 2.24) is 0 Å². The Hall–Kier alpha value is -1.99. The summed E-state index contributed by atoms with van der Waals surface area (Å²) in [5.74, 6) is -0.618. The van der Waals surface area contributed by atoms with E-state index < -0.39 is 5.97 Å². The first-order valence-electron chi connectivity index (χ1n) is 5.25. The molecule has 1 aromatic carbocycles. The predicted octanol–water partition coefficient (Wildman–Crippen LogP) is 3.12. The molecule has 18 heavy (non-hydrogen) atoms. The summed E-state index contributed by atoms with van der Waals surface area (Å²) in [4.78, 5) is 11.0. The van der Waals surface area contributed by atoms with Crippen molar-refractivity contribution in [1.29, 1.82) is 5.26 Å². The fourth-order valence-electron chi connectivity index (χ4n) is 1.56. The van der Waals surface area contributed by atoms with Crippen molar-refractivity contribution in [3.05, 3.63) is 34.4 Å². The normalized spacial score (nSPS) is 11.4. The Morgan fingerprint density at radius 3 is 2.61 bits per heavy atom. The standard InChI is InChI=1S/C13H12ClNO3/c1-3-9(13(16)17)10(7-15)8-4-5-12(18-2)11(14)6-8/h4-6H,3H2,1-2H3,(H,16,17). The Bertz CT molecular complexity index is 544. The van der Waals surface area contributed by atoms with Gasteiger partial charge in [-0.2, -0.15) is 5.26 Å². The Labute approximate surface area is 110 Å². The zero-order chi connectivity index (χ0) is 13.7. The number of rotatable bonds is 4. The second kappa shape index (κ2) is 6.08. The Balaban J connectivity index is 3.39. The molecule has 0 amide bonds. The number of allylic oxidation sites excluding steroid dienone is 1. The fourth-order valence-corrected chi connectivity index (χ4v) is 1.82. The molecule has 0 heterocycles. The van der Waals surface area contributed by atoms with Crippen molar-refractivity contribution in [3.8, 4) is 11.8 Å². The number of nitrogens with zero attached hydrogens (tertiary/aromatic N) is 1. The van der Waals surface area contributed by atoms with E-state index >= 15 is 0 Å². The number of aliphatic carboxylic acids is 1. The van der Waals surface area contributed by atoms with Gasteiger partial charge in [0, 0.05) is 0 Å². The highest BCUT2D eigenvalue weighted by atomic mass is 35.5. The number of nitriles is 1. The van der Waals surface area contributed by atoms with Crippen LogP contribution in [0.1, 0.15) is 18.9 Å². The molecular formula is C13H12ClNO3. The first-order valence-corrected chi connectivity index (χ1v) is 5.63. The number of carboxylic acid groups (broad SMARTS) is 1. The van der Waals surface area contributed by atoms with E-state index in [-0.39, 0.29) is 17.6 Å². The van der Waals surface area contributed by atoms with Crippen molar-refractivity contribution in [2.24, 2.45) is 0 Å². The lowest BCUT2D eigenvalue weighted by molar-refractivity contribution is -0.132. The van der Waals surface area contributed by atoms with Crippen LogP contribution in [0.15, 0.2) is 23.8 Å². The van der Waals surface area contributed by atoms with E-state index in [4.69, 9.17) is 26.7 Å². The van der Waals surface area contributed by atoms with Crippen LogP contribution in [0.5, 0.6) is 5.75 Å². The second-order valence-corrected chi connectivity index (χ2v) is 3.88. The van der Waals surface area contributed by atoms with E-state index in [0.29, 0.717) is 16.3 Å². The molecule has 0 spiro atoms. The minimum atomic E-state index is -1.10. The third kappa shape index (κ3) is 2.82. The molecule has 94 valence electrons. The maximum atomic E-state index is 11.0. The molecule has 0 aliphatic heterocycles. The number of hydrogen-bond acceptors (Lipinski definition) is 3. The SMILES string of the molecule is CCC(C(=O)O)=C(C#N)c1ccc(OC)c(Cl)c1. The van der Waals surface area contributed by atoms with Gasteiger partial charge in [-0.25, -0.2) is 4.79 Å². The third-order valence-corrected chi connectivity index (χ3v) is 2.76. The number of carboxylic acids is 1. The monoisotopic (exact) mass is 265 g/mol. The summed E-state index contributed by atoms with van der Waals surface area (Å²) in [5.41, 5.74) is 0.663. The summed E-state index contributed by atoms with van der Waals surface area (Å²) in [5, 5.41) is 18.5. The van der Waals surface area contributed by atoms with E-state index in [0.717, 1.165) is 0 Å². The molecule has 0 aromatic heterocycles. The minimum absolute atomic E-state index is 0.0683. The smallest absolute Gasteiger partial charge is 0.332 e. The van der Waals surface area contributed by atoms with Gasteiger partial charge >= 0.3 is 5.97 Å². The van der Waals surface area contributed by atoms with Gasteiger partial charge in [-0.3, -0.25) is 0 Å². The molecule has 0 fully saturated rings. The van der Waals surface area contributed by atoms with Crippen LogP contribution in [-0.4, -0.2) is 18.2 Å².